The first-order valence-corrected chi connectivity index (χ1v) is 11.5. The third-order valence-corrected chi connectivity index (χ3v) is 7.03. The van der Waals surface area contributed by atoms with E-state index < -0.39 is 0 Å². The number of thioether (sulfide) groups is 1. The van der Waals surface area contributed by atoms with Gasteiger partial charge >= 0.3 is 0 Å². The first-order valence-electron chi connectivity index (χ1n) is 9.78. The number of rotatable bonds is 9. The average Bonchev–Trinajstić information content (AvgIpc) is 3.00. The van der Waals surface area contributed by atoms with Gasteiger partial charge in [0.1, 0.15) is 4.83 Å². The molecule has 0 spiro atoms. The van der Waals surface area contributed by atoms with Crippen LogP contribution in [0.2, 0.25) is 0 Å². The van der Waals surface area contributed by atoms with Crippen LogP contribution in [0.25, 0.3) is 10.2 Å². The van der Waals surface area contributed by atoms with E-state index in [9.17, 15) is 9.59 Å². The zero-order chi connectivity index (χ0) is 21.0. The number of hydrogen-bond acceptors (Lipinski definition) is 6. The topological polar surface area (TPSA) is 61.2 Å². The van der Waals surface area contributed by atoms with Crippen LogP contribution < -0.4 is 5.56 Å². The van der Waals surface area contributed by atoms with Gasteiger partial charge < -0.3 is 4.74 Å². The number of ketones is 1. The SMILES string of the molecule is CCOCCCn1c(SC(C)C(=O)c2ccccc2)nc2sc(C)c(C)c2c1=O. The fraction of sp³-hybridized carbons (Fsp3) is 0.409. The first kappa shape index (κ1) is 21.7. The Labute approximate surface area is 179 Å². The summed E-state index contributed by atoms with van der Waals surface area (Å²) in [6.45, 7) is 9.56. The van der Waals surface area contributed by atoms with Crippen molar-refractivity contribution in [3.63, 3.8) is 0 Å². The molecule has 3 aromatic rings. The van der Waals surface area contributed by atoms with Crippen LogP contribution in [0.5, 0.6) is 0 Å². The second-order valence-corrected chi connectivity index (χ2v) is 9.37. The zero-order valence-electron chi connectivity index (χ0n) is 17.2. The minimum atomic E-state index is -0.345. The maximum atomic E-state index is 13.3. The van der Waals surface area contributed by atoms with E-state index >= 15 is 0 Å². The molecule has 2 heterocycles. The molecule has 0 bridgehead atoms. The molecule has 0 saturated carbocycles. The monoisotopic (exact) mass is 430 g/mol. The molecule has 154 valence electrons. The molecule has 5 nitrogen and oxygen atoms in total. The molecule has 0 N–H and O–H groups in total. The van der Waals surface area contributed by atoms with E-state index in [-0.39, 0.29) is 16.6 Å². The lowest BCUT2D eigenvalue weighted by Crippen LogP contribution is -2.25. The van der Waals surface area contributed by atoms with Crippen LogP contribution in [0, 0.1) is 13.8 Å². The van der Waals surface area contributed by atoms with E-state index in [4.69, 9.17) is 9.72 Å². The molecule has 1 atom stereocenters. The summed E-state index contributed by atoms with van der Waals surface area (Å²) in [5.41, 5.74) is 1.63. The molecule has 2 aromatic heterocycles. The lowest BCUT2D eigenvalue weighted by Gasteiger charge is -2.15. The van der Waals surface area contributed by atoms with Crippen molar-refractivity contribution in [3.05, 3.63) is 56.7 Å². The Morgan fingerprint density at radius 3 is 2.69 bits per heavy atom. The summed E-state index contributed by atoms with van der Waals surface area (Å²) in [5, 5.41) is 0.939. The van der Waals surface area contributed by atoms with E-state index in [1.54, 1.807) is 4.57 Å². The average molecular weight is 431 g/mol. The minimum absolute atomic E-state index is 0.0318. The van der Waals surface area contributed by atoms with Crippen LogP contribution in [0.3, 0.4) is 0 Å². The highest BCUT2D eigenvalue weighted by Crippen LogP contribution is 2.30. The van der Waals surface area contributed by atoms with E-state index in [1.807, 2.05) is 58.0 Å². The molecule has 0 fully saturated rings. The molecule has 0 aliphatic carbocycles. The van der Waals surface area contributed by atoms with E-state index in [0.29, 0.717) is 35.9 Å². The molecule has 29 heavy (non-hydrogen) atoms. The van der Waals surface area contributed by atoms with Crippen LogP contribution in [-0.4, -0.2) is 33.8 Å². The van der Waals surface area contributed by atoms with Crippen LogP contribution in [0.15, 0.2) is 40.3 Å². The number of nitrogens with zero attached hydrogens (tertiary/aromatic N) is 2. The number of benzene rings is 1. The Balaban J connectivity index is 1.96. The van der Waals surface area contributed by atoms with E-state index in [0.717, 1.165) is 21.7 Å². The summed E-state index contributed by atoms with van der Waals surface area (Å²) in [6, 6.07) is 9.24. The van der Waals surface area contributed by atoms with Crippen molar-refractivity contribution >= 4 is 39.1 Å². The summed E-state index contributed by atoms with van der Waals surface area (Å²) in [6.07, 6.45) is 0.720. The Morgan fingerprint density at radius 1 is 1.28 bits per heavy atom. The number of fused-ring (bicyclic) bond motifs is 1. The Morgan fingerprint density at radius 2 is 2.00 bits per heavy atom. The zero-order valence-corrected chi connectivity index (χ0v) is 18.9. The van der Waals surface area contributed by atoms with Crippen LogP contribution in [-0.2, 0) is 11.3 Å². The van der Waals surface area contributed by atoms with Gasteiger partial charge in [-0.25, -0.2) is 4.98 Å². The predicted octanol–water partition coefficient (Wildman–Crippen LogP) is 4.86. The summed E-state index contributed by atoms with van der Waals surface area (Å²) >= 11 is 2.88. The number of hydrogen-bond donors (Lipinski definition) is 0. The smallest absolute Gasteiger partial charge is 0.263 e. The third kappa shape index (κ3) is 4.79. The van der Waals surface area contributed by atoms with E-state index in [1.165, 1.54) is 23.1 Å². The number of aromatic nitrogens is 2. The molecule has 0 amide bonds. The van der Waals surface area contributed by atoms with Crippen molar-refractivity contribution in [2.45, 2.75) is 51.1 Å². The molecule has 1 aromatic carbocycles. The number of thiophene rings is 1. The van der Waals surface area contributed by atoms with Crippen molar-refractivity contribution in [2.75, 3.05) is 13.2 Å². The molecular formula is C22H26N2O3S2. The maximum Gasteiger partial charge on any atom is 0.263 e. The van der Waals surface area contributed by atoms with Gasteiger partial charge in [-0.15, -0.1) is 11.3 Å². The molecule has 0 aliphatic heterocycles. The highest BCUT2D eigenvalue weighted by Gasteiger charge is 2.22. The van der Waals surface area contributed by atoms with Gasteiger partial charge in [0, 0.05) is 30.2 Å². The van der Waals surface area contributed by atoms with Gasteiger partial charge in [-0.1, -0.05) is 42.1 Å². The van der Waals surface area contributed by atoms with Crippen molar-refractivity contribution in [1.29, 1.82) is 0 Å². The lowest BCUT2D eigenvalue weighted by molar-refractivity contribution is 0.0993. The molecular weight excluding hydrogens is 404 g/mol. The van der Waals surface area contributed by atoms with Gasteiger partial charge in [-0.2, -0.15) is 0 Å². The largest absolute Gasteiger partial charge is 0.382 e. The maximum absolute atomic E-state index is 13.3. The van der Waals surface area contributed by atoms with Crippen molar-refractivity contribution in [2.24, 2.45) is 0 Å². The van der Waals surface area contributed by atoms with Crippen LogP contribution in [0.4, 0.5) is 0 Å². The van der Waals surface area contributed by atoms with Gasteiger partial charge in [0.2, 0.25) is 0 Å². The standard InChI is InChI=1S/C22H26N2O3S2/c1-5-27-13-9-12-24-21(26)18-14(2)15(3)28-20(18)23-22(24)29-16(4)19(25)17-10-7-6-8-11-17/h6-8,10-11,16H,5,9,12-13H2,1-4H3. The van der Waals surface area contributed by atoms with Gasteiger partial charge in [0.05, 0.1) is 10.6 Å². The molecule has 0 saturated heterocycles. The van der Waals surface area contributed by atoms with Gasteiger partial charge in [-0.3, -0.25) is 14.2 Å². The molecule has 7 heteroatoms. The second-order valence-electron chi connectivity index (χ2n) is 6.86. The quantitative estimate of drug-likeness (QED) is 0.210. The Hall–Kier alpha value is -1.96. The predicted molar refractivity (Wildman–Crippen MR) is 121 cm³/mol. The van der Waals surface area contributed by atoms with E-state index in [2.05, 4.69) is 0 Å². The van der Waals surface area contributed by atoms with Gasteiger partial charge in [0.25, 0.3) is 5.56 Å². The minimum Gasteiger partial charge on any atom is -0.382 e. The molecule has 3 rings (SSSR count). The van der Waals surface area contributed by atoms with Crippen LogP contribution >= 0.6 is 23.1 Å². The lowest BCUT2D eigenvalue weighted by atomic mass is 10.1. The first-order chi connectivity index (χ1) is 13.9. The number of ether oxygens (including phenoxy) is 1. The fourth-order valence-electron chi connectivity index (χ4n) is 3.11. The number of Topliss-reactive ketones (excluding diaryl/α,β-unsaturated/α-hetero) is 1. The van der Waals surface area contributed by atoms with Crippen LogP contribution in [0.1, 0.15) is 41.1 Å². The highest BCUT2D eigenvalue weighted by molar-refractivity contribution is 8.00. The summed E-state index contributed by atoms with van der Waals surface area (Å²) in [4.78, 5) is 32.7. The third-order valence-electron chi connectivity index (χ3n) is 4.84. The van der Waals surface area contributed by atoms with Crippen molar-refractivity contribution in [3.8, 4) is 0 Å². The number of aryl methyl sites for hydroxylation is 2. The van der Waals surface area contributed by atoms with Crippen molar-refractivity contribution < 1.29 is 9.53 Å². The second kappa shape index (κ2) is 9.69. The van der Waals surface area contributed by atoms with Gasteiger partial charge in [-0.05, 0) is 39.7 Å². The molecule has 0 radical (unpaired) electrons. The highest BCUT2D eigenvalue weighted by atomic mass is 32.2. The summed E-state index contributed by atoms with van der Waals surface area (Å²) in [7, 11) is 0. The molecule has 0 aliphatic rings. The number of carbonyl (C=O) groups excluding carboxylic acids is 1. The van der Waals surface area contributed by atoms with Gasteiger partial charge in [0.15, 0.2) is 10.9 Å². The summed E-state index contributed by atoms with van der Waals surface area (Å²) in [5.74, 6) is 0.0318. The number of carbonyl (C=O) groups is 1. The normalized spacial score (nSPS) is 12.4. The van der Waals surface area contributed by atoms with Crippen molar-refractivity contribution in [1.82, 2.24) is 9.55 Å². The summed E-state index contributed by atoms with van der Waals surface area (Å²) < 4.78 is 7.14. The molecule has 1 unspecified atom stereocenters. The fourth-order valence-corrected chi connectivity index (χ4v) is 5.20. The Bertz CT molecular complexity index is 1060. The Kier molecular flexibility index (Phi) is 7.27.